The highest BCUT2D eigenvalue weighted by molar-refractivity contribution is 7.89. The molecule has 2 unspecified atom stereocenters. The van der Waals surface area contributed by atoms with Crippen molar-refractivity contribution in [2.45, 2.75) is 57.3 Å². The van der Waals surface area contributed by atoms with Gasteiger partial charge in [-0.2, -0.15) is 4.31 Å². The van der Waals surface area contributed by atoms with E-state index in [-0.39, 0.29) is 23.0 Å². The van der Waals surface area contributed by atoms with Crippen LogP contribution in [0.15, 0.2) is 23.1 Å². The minimum atomic E-state index is -3.68. The van der Waals surface area contributed by atoms with Crippen LogP contribution in [0.2, 0.25) is 0 Å². The molecule has 2 atom stereocenters. The van der Waals surface area contributed by atoms with Crippen molar-refractivity contribution in [3.8, 4) is 5.75 Å². The molecule has 0 radical (unpaired) electrons. The summed E-state index contributed by atoms with van der Waals surface area (Å²) < 4.78 is 39.2. The average Bonchev–Trinajstić information content (AvgIpc) is 2.51. The third-order valence-electron chi connectivity index (χ3n) is 4.55. The standard InChI is InChI=1S/C18H26N2O5S/c1-12-9-19(10-13(2)24-12)26(22,23)15-6-7-17-16(8-15)20(14(3)21)11-18(4,5)25-17/h6-8,12-13H,9-11H2,1-5H3. The molecule has 2 heterocycles. The van der Waals surface area contributed by atoms with Gasteiger partial charge in [0.05, 0.1) is 29.3 Å². The molecule has 1 fully saturated rings. The van der Waals surface area contributed by atoms with Crippen molar-refractivity contribution in [1.29, 1.82) is 0 Å². The Morgan fingerprint density at radius 2 is 1.81 bits per heavy atom. The number of hydrogen-bond acceptors (Lipinski definition) is 5. The highest BCUT2D eigenvalue weighted by atomic mass is 32.2. The van der Waals surface area contributed by atoms with Crippen LogP contribution in [-0.2, 0) is 19.6 Å². The van der Waals surface area contributed by atoms with E-state index in [1.165, 1.54) is 17.3 Å². The van der Waals surface area contributed by atoms with Crippen LogP contribution in [0.3, 0.4) is 0 Å². The lowest BCUT2D eigenvalue weighted by Crippen LogP contribution is -2.49. The Bertz CT molecular complexity index is 811. The third kappa shape index (κ3) is 3.58. The highest BCUT2D eigenvalue weighted by Gasteiger charge is 2.36. The number of ether oxygens (including phenoxy) is 2. The fourth-order valence-corrected chi connectivity index (χ4v) is 5.12. The first kappa shape index (κ1) is 19.1. The summed E-state index contributed by atoms with van der Waals surface area (Å²) in [5.41, 5.74) is -0.0408. The molecule has 2 aliphatic rings. The quantitative estimate of drug-likeness (QED) is 0.782. The van der Waals surface area contributed by atoms with Crippen molar-refractivity contribution in [2.24, 2.45) is 0 Å². The van der Waals surface area contributed by atoms with E-state index in [0.717, 1.165) is 0 Å². The van der Waals surface area contributed by atoms with Gasteiger partial charge < -0.3 is 14.4 Å². The van der Waals surface area contributed by atoms with E-state index >= 15 is 0 Å². The molecule has 3 rings (SSSR count). The van der Waals surface area contributed by atoms with E-state index in [1.54, 1.807) is 17.0 Å². The van der Waals surface area contributed by atoms with E-state index < -0.39 is 15.6 Å². The Hall–Kier alpha value is -1.64. The first-order chi connectivity index (χ1) is 12.0. The van der Waals surface area contributed by atoms with Gasteiger partial charge in [-0.15, -0.1) is 0 Å². The average molecular weight is 382 g/mol. The van der Waals surface area contributed by atoms with Crippen molar-refractivity contribution < 1.29 is 22.7 Å². The number of carbonyl (C=O) groups is 1. The Balaban J connectivity index is 2.00. The summed E-state index contributed by atoms with van der Waals surface area (Å²) in [6.07, 6.45) is -0.326. The molecule has 1 amide bonds. The van der Waals surface area contributed by atoms with Crippen molar-refractivity contribution >= 4 is 21.6 Å². The molecule has 26 heavy (non-hydrogen) atoms. The second-order valence-electron chi connectivity index (χ2n) is 7.68. The zero-order valence-corrected chi connectivity index (χ0v) is 16.7. The molecule has 0 aliphatic carbocycles. The predicted octanol–water partition coefficient (Wildman–Crippen LogP) is 2.01. The summed E-state index contributed by atoms with van der Waals surface area (Å²) >= 11 is 0. The van der Waals surface area contributed by atoms with E-state index in [0.29, 0.717) is 31.1 Å². The van der Waals surface area contributed by atoms with Gasteiger partial charge in [0, 0.05) is 20.0 Å². The summed E-state index contributed by atoms with van der Waals surface area (Å²) in [5.74, 6) is 0.366. The van der Waals surface area contributed by atoms with Gasteiger partial charge in [-0.05, 0) is 45.9 Å². The Labute approximate surface area is 154 Å². The molecule has 8 heteroatoms. The fourth-order valence-electron chi connectivity index (χ4n) is 3.51. The van der Waals surface area contributed by atoms with E-state index in [9.17, 15) is 13.2 Å². The molecular formula is C18H26N2O5S. The van der Waals surface area contributed by atoms with Crippen LogP contribution < -0.4 is 9.64 Å². The third-order valence-corrected chi connectivity index (χ3v) is 6.38. The van der Waals surface area contributed by atoms with Crippen molar-refractivity contribution in [1.82, 2.24) is 4.31 Å². The second kappa shape index (κ2) is 6.51. The number of morpholine rings is 1. The minimum absolute atomic E-state index is 0.147. The number of hydrogen-bond donors (Lipinski definition) is 0. The maximum atomic E-state index is 13.1. The topological polar surface area (TPSA) is 76.2 Å². The molecule has 2 aliphatic heterocycles. The number of anilines is 1. The molecule has 0 N–H and O–H groups in total. The molecule has 1 saturated heterocycles. The highest BCUT2D eigenvalue weighted by Crippen LogP contribution is 2.39. The fraction of sp³-hybridized carbons (Fsp3) is 0.611. The maximum Gasteiger partial charge on any atom is 0.243 e. The van der Waals surface area contributed by atoms with Crippen LogP contribution in [0, 0.1) is 0 Å². The van der Waals surface area contributed by atoms with Gasteiger partial charge in [0.1, 0.15) is 11.4 Å². The lowest BCUT2D eigenvalue weighted by molar-refractivity contribution is -0.117. The van der Waals surface area contributed by atoms with E-state index in [2.05, 4.69) is 0 Å². The SMILES string of the molecule is CC(=O)N1CC(C)(C)Oc2ccc(S(=O)(=O)N3CC(C)OC(C)C3)cc21. The van der Waals surface area contributed by atoms with Crippen molar-refractivity contribution in [2.75, 3.05) is 24.5 Å². The first-order valence-electron chi connectivity index (χ1n) is 8.76. The van der Waals surface area contributed by atoms with Crippen molar-refractivity contribution in [3.63, 3.8) is 0 Å². The number of carbonyl (C=O) groups excluding carboxylic acids is 1. The van der Waals surface area contributed by atoms with Gasteiger partial charge in [0.15, 0.2) is 0 Å². The van der Waals surface area contributed by atoms with Gasteiger partial charge >= 0.3 is 0 Å². The molecule has 0 aromatic heterocycles. The Kier molecular flexibility index (Phi) is 4.79. The lowest BCUT2D eigenvalue weighted by atomic mass is 10.1. The van der Waals surface area contributed by atoms with Crippen molar-refractivity contribution in [3.05, 3.63) is 18.2 Å². The van der Waals surface area contributed by atoms with Crippen LogP contribution >= 0.6 is 0 Å². The minimum Gasteiger partial charge on any atom is -0.484 e. The Morgan fingerprint density at radius 3 is 2.38 bits per heavy atom. The van der Waals surface area contributed by atoms with Crippen LogP contribution in [0.1, 0.15) is 34.6 Å². The molecule has 144 valence electrons. The summed E-state index contributed by atoms with van der Waals surface area (Å²) in [5, 5.41) is 0. The predicted molar refractivity (Wildman–Crippen MR) is 97.9 cm³/mol. The lowest BCUT2D eigenvalue weighted by Gasteiger charge is -2.39. The molecule has 0 spiro atoms. The molecule has 1 aromatic rings. The number of rotatable bonds is 2. The largest absolute Gasteiger partial charge is 0.484 e. The van der Waals surface area contributed by atoms with Gasteiger partial charge in [0.25, 0.3) is 0 Å². The van der Waals surface area contributed by atoms with Crippen LogP contribution in [0.5, 0.6) is 5.75 Å². The summed E-state index contributed by atoms with van der Waals surface area (Å²) in [6.45, 7) is 9.96. The van der Waals surface area contributed by atoms with Gasteiger partial charge in [0.2, 0.25) is 15.9 Å². The van der Waals surface area contributed by atoms with Crippen LogP contribution in [0.4, 0.5) is 5.69 Å². The molecule has 0 bridgehead atoms. The number of nitrogens with zero attached hydrogens (tertiary/aromatic N) is 2. The normalized spacial score (nSPS) is 26.1. The van der Waals surface area contributed by atoms with Crippen LogP contribution in [-0.4, -0.2) is 56.1 Å². The van der Waals surface area contributed by atoms with Gasteiger partial charge in [-0.1, -0.05) is 0 Å². The molecule has 0 saturated carbocycles. The summed E-state index contributed by atoms with van der Waals surface area (Å²) in [6, 6.07) is 4.71. The Morgan fingerprint density at radius 1 is 1.19 bits per heavy atom. The second-order valence-corrected chi connectivity index (χ2v) is 9.61. The number of fused-ring (bicyclic) bond motifs is 1. The molecule has 7 nitrogen and oxygen atoms in total. The maximum absolute atomic E-state index is 13.1. The molecule has 1 aromatic carbocycles. The molecular weight excluding hydrogens is 356 g/mol. The number of benzene rings is 1. The van der Waals surface area contributed by atoms with Gasteiger partial charge in [-0.25, -0.2) is 8.42 Å². The monoisotopic (exact) mass is 382 g/mol. The zero-order valence-electron chi connectivity index (χ0n) is 15.9. The van der Waals surface area contributed by atoms with Crippen LogP contribution in [0.25, 0.3) is 0 Å². The summed E-state index contributed by atoms with van der Waals surface area (Å²) in [7, 11) is -3.68. The first-order valence-corrected chi connectivity index (χ1v) is 10.2. The smallest absolute Gasteiger partial charge is 0.243 e. The summed E-state index contributed by atoms with van der Waals surface area (Å²) in [4.78, 5) is 13.8. The zero-order chi connectivity index (χ0) is 19.3. The van der Waals surface area contributed by atoms with E-state index in [4.69, 9.17) is 9.47 Å². The van der Waals surface area contributed by atoms with E-state index in [1.807, 2.05) is 27.7 Å². The number of amides is 1. The van der Waals surface area contributed by atoms with Gasteiger partial charge in [-0.3, -0.25) is 4.79 Å². The number of sulfonamides is 1.